The summed E-state index contributed by atoms with van der Waals surface area (Å²) in [5.74, 6) is -0.587. The van der Waals surface area contributed by atoms with E-state index in [1.807, 2.05) is 0 Å². The summed E-state index contributed by atoms with van der Waals surface area (Å²) >= 11 is 0. The maximum absolute atomic E-state index is 11.0. The molecule has 0 spiro atoms. The molecule has 0 heterocycles. The first-order chi connectivity index (χ1) is 6.26. The number of nitrogens with one attached hydrogen (secondary N) is 1. The van der Waals surface area contributed by atoms with Gasteiger partial charge >= 0.3 is 0 Å². The second kappa shape index (κ2) is 6.65. The topological polar surface area (TPSA) is 74.5 Å². The molecule has 0 unspecified atom stereocenters. The third-order valence-corrected chi connectivity index (χ3v) is 1.01. The first-order valence-corrected chi connectivity index (χ1v) is 3.40. The molecule has 0 aliphatic carbocycles. The summed E-state index contributed by atoms with van der Waals surface area (Å²) in [6, 6.07) is 1.59. The first kappa shape index (κ1) is 11.0. The Morgan fingerprint density at radius 2 is 2.54 bits per heavy atom. The summed E-state index contributed by atoms with van der Waals surface area (Å²) in [5.41, 5.74) is 2.15. The maximum atomic E-state index is 11.0. The van der Waals surface area contributed by atoms with Crippen molar-refractivity contribution in [2.45, 2.75) is 0 Å². The smallest absolute Gasteiger partial charge is 0.284 e. The van der Waals surface area contributed by atoms with Gasteiger partial charge in [0, 0.05) is 6.54 Å². The fourth-order valence-corrected chi connectivity index (χ4v) is 0.504. The number of hydrogen-bond donors (Lipinski definition) is 1. The van der Waals surface area contributed by atoms with E-state index in [0.29, 0.717) is 0 Å². The van der Waals surface area contributed by atoms with Crippen LogP contribution in [0.3, 0.4) is 0 Å². The van der Waals surface area contributed by atoms with Crippen LogP contribution in [0.2, 0.25) is 0 Å². The average molecular weight is 179 g/mol. The molecule has 0 aliphatic heterocycles. The summed E-state index contributed by atoms with van der Waals surface area (Å²) in [6.45, 7) is 3.56. The molecular weight excluding hydrogens is 170 g/mol. The van der Waals surface area contributed by atoms with E-state index in [-0.39, 0.29) is 12.3 Å². The Hall–Kier alpha value is -2.05. The predicted molar refractivity (Wildman–Crippen MR) is 46.8 cm³/mol. The molecule has 0 radical (unpaired) electrons. The Labute approximate surface area is 76.0 Å². The lowest BCUT2D eigenvalue weighted by atomic mass is 10.4. The molecule has 0 saturated heterocycles. The number of carbonyl (C=O) groups excluding carboxylic acids is 1. The largest absolute Gasteiger partial charge is 0.398 e. The molecule has 0 bridgehead atoms. The van der Waals surface area contributed by atoms with Gasteiger partial charge in [-0.25, -0.2) is 0 Å². The lowest BCUT2D eigenvalue weighted by molar-refractivity contribution is -0.114. The van der Waals surface area contributed by atoms with E-state index in [1.54, 1.807) is 6.07 Å². The van der Waals surface area contributed by atoms with Gasteiger partial charge in [-0.15, -0.1) is 5.73 Å². The Balaban J connectivity index is 4.17. The van der Waals surface area contributed by atoms with Crippen molar-refractivity contribution in [3.05, 3.63) is 18.4 Å². The zero-order valence-electron chi connectivity index (χ0n) is 7.20. The molecule has 1 N–H and O–H groups in total. The van der Waals surface area contributed by atoms with Crippen molar-refractivity contribution in [2.75, 3.05) is 13.7 Å². The fourth-order valence-electron chi connectivity index (χ4n) is 0.504. The Morgan fingerprint density at radius 1 is 1.85 bits per heavy atom. The van der Waals surface area contributed by atoms with E-state index >= 15 is 0 Å². The molecule has 0 aliphatic rings. The van der Waals surface area contributed by atoms with Gasteiger partial charge in [-0.2, -0.15) is 5.26 Å². The molecule has 0 aromatic carbocycles. The van der Waals surface area contributed by atoms with Gasteiger partial charge in [0.1, 0.15) is 13.2 Å². The first-order valence-electron chi connectivity index (χ1n) is 3.40. The highest BCUT2D eigenvalue weighted by atomic mass is 16.6. The number of nitriles is 1. The van der Waals surface area contributed by atoms with Gasteiger partial charge < -0.3 is 10.2 Å². The van der Waals surface area contributed by atoms with Crippen molar-refractivity contribution < 1.29 is 9.63 Å². The van der Waals surface area contributed by atoms with Crippen LogP contribution in [0, 0.1) is 11.3 Å². The maximum Gasteiger partial charge on any atom is 0.284 e. The molecule has 0 aromatic heterocycles. The number of amides is 1. The highest BCUT2D eigenvalue weighted by Crippen LogP contribution is 1.79. The van der Waals surface area contributed by atoms with Crippen molar-refractivity contribution >= 4 is 11.6 Å². The SMILES string of the molecule is C=C=CCNC(=O)/C(C#N)=N\OC. The van der Waals surface area contributed by atoms with E-state index in [0.717, 1.165) is 0 Å². The molecule has 0 atom stereocenters. The van der Waals surface area contributed by atoms with Gasteiger partial charge in [0.25, 0.3) is 5.91 Å². The van der Waals surface area contributed by atoms with Crippen LogP contribution >= 0.6 is 0 Å². The average Bonchev–Trinajstić information content (AvgIpc) is 2.14. The molecule has 1 amide bonds. The monoisotopic (exact) mass is 179 g/mol. The molecule has 13 heavy (non-hydrogen) atoms. The number of rotatable bonds is 4. The van der Waals surface area contributed by atoms with Gasteiger partial charge in [0.05, 0.1) is 0 Å². The van der Waals surface area contributed by atoms with Crippen molar-refractivity contribution in [3.63, 3.8) is 0 Å². The quantitative estimate of drug-likeness (QED) is 0.374. The summed E-state index contributed by atoms with van der Waals surface area (Å²) in [5, 5.41) is 14.0. The normalized spacial score (nSPS) is 9.38. The minimum atomic E-state index is -0.587. The van der Waals surface area contributed by atoms with E-state index in [2.05, 4.69) is 27.6 Å². The van der Waals surface area contributed by atoms with E-state index in [1.165, 1.54) is 13.2 Å². The number of oxime groups is 1. The van der Waals surface area contributed by atoms with Crippen LogP contribution in [-0.4, -0.2) is 25.3 Å². The summed E-state index contributed by atoms with van der Waals surface area (Å²) in [7, 11) is 1.26. The van der Waals surface area contributed by atoms with E-state index in [9.17, 15) is 4.79 Å². The molecule has 0 fully saturated rings. The zero-order valence-corrected chi connectivity index (χ0v) is 7.20. The summed E-state index contributed by atoms with van der Waals surface area (Å²) in [4.78, 5) is 15.3. The molecular formula is C8H9N3O2. The molecule has 5 nitrogen and oxygen atoms in total. The third kappa shape index (κ3) is 4.40. The van der Waals surface area contributed by atoms with Crippen LogP contribution in [0.1, 0.15) is 0 Å². The number of carbonyl (C=O) groups is 1. The molecule has 0 aromatic rings. The van der Waals surface area contributed by atoms with Crippen LogP contribution < -0.4 is 5.32 Å². The fraction of sp³-hybridized carbons (Fsp3) is 0.250. The number of hydrogen-bond acceptors (Lipinski definition) is 4. The van der Waals surface area contributed by atoms with Gasteiger partial charge in [-0.3, -0.25) is 4.79 Å². The molecule has 68 valence electrons. The second-order valence-electron chi connectivity index (χ2n) is 1.85. The standard InChI is InChI=1S/C8H9N3O2/c1-3-4-5-10-8(12)7(6-9)11-13-2/h4H,1,5H2,2H3,(H,10,12)/b11-7-. The lowest BCUT2D eigenvalue weighted by Crippen LogP contribution is -2.30. The Morgan fingerprint density at radius 3 is 3.00 bits per heavy atom. The van der Waals surface area contributed by atoms with Crippen molar-refractivity contribution in [3.8, 4) is 6.07 Å². The summed E-state index contributed by atoms with van der Waals surface area (Å²) < 4.78 is 0. The van der Waals surface area contributed by atoms with Gasteiger partial charge in [0.15, 0.2) is 0 Å². The minimum absolute atomic E-state index is 0.257. The highest BCUT2D eigenvalue weighted by molar-refractivity contribution is 6.45. The lowest BCUT2D eigenvalue weighted by Gasteiger charge is -1.97. The molecule has 0 rings (SSSR count). The van der Waals surface area contributed by atoms with Crippen molar-refractivity contribution in [1.82, 2.24) is 5.32 Å². The van der Waals surface area contributed by atoms with E-state index < -0.39 is 5.91 Å². The molecule has 5 heteroatoms. The highest BCUT2D eigenvalue weighted by Gasteiger charge is 2.09. The number of nitrogens with zero attached hydrogens (tertiary/aromatic N) is 2. The van der Waals surface area contributed by atoms with Gasteiger partial charge in [-0.1, -0.05) is 11.7 Å². The van der Waals surface area contributed by atoms with Crippen LogP contribution in [-0.2, 0) is 9.63 Å². The molecule has 0 saturated carbocycles. The van der Waals surface area contributed by atoms with E-state index in [4.69, 9.17) is 5.26 Å². The second-order valence-corrected chi connectivity index (χ2v) is 1.85. The minimum Gasteiger partial charge on any atom is -0.398 e. The van der Waals surface area contributed by atoms with Crippen LogP contribution in [0.25, 0.3) is 0 Å². The van der Waals surface area contributed by atoms with Gasteiger partial charge in [-0.05, 0) is 6.08 Å². The van der Waals surface area contributed by atoms with Crippen molar-refractivity contribution in [2.24, 2.45) is 5.16 Å². The summed E-state index contributed by atoms with van der Waals surface area (Å²) in [6.07, 6.45) is 1.51. The predicted octanol–water partition coefficient (Wildman–Crippen LogP) is -0.0303. The van der Waals surface area contributed by atoms with Crippen LogP contribution in [0.5, 0.6) is 0 Å². The third-order valence-electron chi connectivity index (χ3n) is 1.01. The van der Waals surface area contributed by atoms with Crippen molar-refractivity contribution in [1.29, 1.82) is 5.26 Å². The Kier molecular flexibility index (Phi) is 5.60. The van der Waals surface area contributed by atoms with Crippen LogP contribution in [0.15, 0.2) is 23.5 Å². The van der Waals surface area contributed by atoms with Gasteiger partial charge in [0.2, 0.25) is 5.71 Å². The zero-order chi connectivity index (χ0) is 10.1. The Bertz CT molecular complexity index is 295. The van der Waals surface area contributed by atoms with Crippen LogP contribution in [0.4, 0.5) is 0 Å².